The van der Waals surface area contributed by atoms with Gasteiger partial charge in [-0.1, -0.05) is 48.5 Å². The lowest BCUT2D eigenvalue weighted by Gasteiger charge is -2.27. The SMILES string of the molecule is COc1ccc2cc(CN(Cc3ccccc3OC)C(=S)NCCc3ccccc3)c(=O)[nH]c2c1. The Labute approximate surface area is 210 Å². The average molecular weight is 488 g/mol. The highest BCUT2D eigenvalue weighted by Crippen LogP contribution is 2.22. The number of rotatable bonds is 9. The van der Waals surface area contributed by atoms with Crippen molar-refractivity contribution in [1.29, 1.82) is 0 Å². The predicted molar refractivity (Wildman–Crippen MR) is 144 cm³/mol. The first-order valence-corrected chi connectivity index (χ1v) is 11.9. The van der Waals surface area contributed by atoms with E-state index in [9.17, 15) is 4.79 Å². The fourth-order valence-electron chi connectivity index (χ4n) is 3.98. The van der Waals surface area contributed by atoms with Crippen LogP contribution in [0, 0.1) is 0 Å². The fourth-order valence-corrected chi connectivity index (χ4v) is 4.22. The van der Waals surface area contributed by atoms with Crippen molar-refractivity contribution in [1.82, 2.24) is 15.2 Å². The van der Waals surface area contributed by atoms with Crippen molar-refractivity contribution in [2.45, 2.75) is 19.5 Å². The van der Waals surface area contributed by atoms with Crippen molar-refractivity contribution in [3.05, 3.63) is 106 Å². The standard InChI is InChI=1S/C28H29N3O3S/c1-33-24-13-12-21-16-23(27(32)30-25(21)17-24)19-31(18-22-10-6-7-11-26(22)34-2)28(35)29-15-14-20-8-4-3-5-9-20/h3-13,16-17H,14-15,18-19H2,1-2H3,(H,29,35)(H,30,32). The molecule has 1 aromatic heterocycles. The Kier molecular flexibility index (Phi) is 8.00. The van der Waals surface area contributed by atoms with E-state index in [0.717, 1.165) is 28.6 Å². The minimum Gasteiger partial charge on any atom is -0.497 e. The number of ether oxygens (including phenoxy) is 2. The van der Waals surface area contributed by atoms with E-state index >= 15 is 0 Å². The van der Waals surface area contributed by atoms with Crippen molar-refractivity contribution in [2.75, 3.05) is 20.8 Å². The van der Waals surface area contributed by atoms with Crippen LogP contribution in [0.5, 0.6) is 11.5 Å². The molecule has 6 nitrogen and oxygen atoms in total. The number of benzene rings is 3. The van der Waals surface area contributed by atoms with Gasteiger partial charge in [-0.3, -0.25) is 4.79 Å². The van der Waals surface area contributed by atoms with E-state index in [0.29, 0.717) is 36.1 Å². The van der Waals surface area contributed by atoms with Crippen molar-refractivity contribution in [2.24, 2.45) is 0 Å². The van der Waals surface area contributed by atoms with Gasteiger partial charge < -0.3 is 24.7 Å². The number of pyridine rings is 1. The zero-order valence-corrected chi connectivity index (χ0v) is 20.7. The summed E-state index contributed by atoms with van der Waals surface area (Å²) in [6.45, 7) is 1.55. The Morgan fingerprint density at radius 1 is 0.914 bits per heavy atom. The van der Waals surface area contributed by atoms with E-state index in [1.54, 1.807) is 14.2 Å². The van der Waals surface area contributed by atoms with Gasteiger partial charge >= 0.3 is 0 Å². The van der Waals surface area contributed by atoms with Gasteiger partial charge in [-0.25, -0.2) is 0 Å². The maximum absolute atomic E-state index is 13.0. The number of para-hydroxylation sites is 1. The third-order valence-corrected chi connectivity index (χ3v) is 6.27. The van der Waals surface area contributed by atoms with Crippen LogP contribution in [0.2, 0.25) is 0 Å². The average Bonchev–Trinajstić information content (AvgIpc) is 2.89. The summed E-state index contributed by atoms with van der Waals surface area (Å²) in [6, 6.07) is 25.7. The second-order valence-electron chi connectivity index (χ2n) is 8.21. The van der Waals surface area contributed by atoms with Gasteiger partial charge in [0.2, 0.25) is 0 Å². The Bertz CT molecular complexity index is 1350. The van der Waals surface area contributed by atoms with Gasteiger partial charge in [-0.05, 0) is 53.9 Å². The number of methoxy groups -OCH3 is 2. The Hall–Kier alpha value is -3.84. The number of H-pyrrole nitrogens is 1. The molecule has 7 heteroatoms. The number of nitrogens with one attached hydrogen (secondary N) is 2. The number of fused-ring (bicyclic) bond motifs is 1. The molecule has 180 valence electrons. The molecule has 4 aromatic rings. The number of hydrogen-bond acceptors (Lipinski definition) is 4. The van der Waals surface area contributed by atoms with Crippen LogP contribution >= 0.6 is 12.2 Å². The summed E-state index contributed by atoms with van der Waals surface area (Å²) in [5, 5.41) is 4.88. The molecule has 0 fully saturated rings. The molecule has 0 aliphatic rings. The minimum absolute atomic E-state index is 0.150. The molecule has 0 saturated heterocycles. The molecular formula is C28H29N3O3S. The highest BCUT2D eigenvalue weighted by molar-refractivity contribution is 7.80. The third kappa shape index (κ3) is 6.19. The summed E-state index contributed by atoms with van der Waals surface area (Å²) in [6.07, 6.45) is 0.849. The van der Waals surface area contributed by atoms with Gasteiger partial charge in [0.05, 0.1) is 26.3 Å². The molecule has 2 N–H and O–H groups in total. The number of thiocarbonyl (C=S) groups is 1. The Balaban J connectivity index is 1.57. The molecule has 1 heterocycles. The van der Waals surface area contributed by atoms with Crippen LogP contribution in [0.15, 0.2) is 83.7 Å². The topological polar surface area (TPSA) is 66.6 Å². The van der Waals surface area contributed by atoms with Crippen LogP contribution in [0.3, 0.4) is 0 Å². The Morgan fingerprint density at radius 2 is 1.66 bits per heavy atom. The first-order valence-electron chi connectivity index (χ1n) is 11.5. The lowest BCUT2D eigenvalue weighted by Crippen LogP contribution is -2.40. The lowest BCUT2D eigenvalue weighted by molar-refractivity contribution is 0.371. The first-order chi connectivity index (χ1) is 17.1. The minimum atomic E-state index is -0.150. The van der Waals surface area contributed by atoms with Crippen molar-refractivity contribution >= 4 is 28.2 Å². The number of nitrogens with zero attached hydrogens (tertiary/aromatic N) is 1. The van der Waals surface area contributed by atoms with E-state index in [1.165, 1.54) is 5.56 Å². The summed E-state index contributed by atoms with van der Waals surface area (Å²) in [7, 11) is 3.26. The molecule has 0 amide bonds. The van der Waals surface area contributed by atoms with E-state index < -0.39 is 0 Å². The molecule has 0 saturated carbocycles. The van der Waals surface area contributed by atoms with Crippen molar-refractivity contribution < 1.29 is 9.47 Å². The maximum Gasteiger partial charge on any atom is 0.253 e. The van der Waals surface area contributed by atoms with Crippen LogP contribution in [0.4, 0.5) is 0 Å². The molecule has 0 atom stereocenters. The second kappa shape index (κ2) is 11.5. The van der Waals surface area contributed by atoms with E-state index in [2.05, 4.69) is 22.4 Å². The number of hydrogen-bond donors (Lipinski definition) is 2. The first kappa shape index (κ1) is 24.3. The largest absolute Gasteiger partial charge is 0.497 e. The van der Waals surface area contributed by atoms with Gasteiger partial charge in [0.1, 0.15) is 11.5 Å². The van der Waals surface area contributed by atoms with Gasteiger partial charge in [-0.15, -0.1) is 0 Å². The molecule has 3 aromatic carbocycles. The van der Waals surface area contributed by atoms with Gasteiger partial charge in [-0.2, -0.15) is 0 Å². The number of aromatic nitrogens is 1. The van der Waals surface area contributed by atoms with Crippen LogP contribution in [0.25, 0.3) is 10.9 Å². The summed E-state index contributed by atoms with van der Waals surface area (Å²) in [5.41, 5.74) is 3.44. The fraction of sp³-hybridized carbons (Fsp3) is 0.214. The van der Waals surface area contributed by atoms with Crippen LogP contribution in [-0.4, -0.2) is 35.8 Å². The zero-order valence-electron chi connectivity index (χ0n) is 19.9. The molecule has 0 aliphatic carbocycles. The van der Waals surface area contributed by atoms with Crippen LogP contribution in [0.1, 0.15) is 16.7 Å². The maximum atomic E-state index is 13.0. The normalized spacial score (nSPS) is 10.7. The summed E-state index contributed by atoms with van der Waals surface area (Å²) in [5.74, 6) is 1.48. The summed E-state index contributed by atoms with van der Waals surface area (Å²) < 4.78 is 10.8. The predicted octanol–water partition coefficient (Wildman–Crippen LogP) is 4.66. The number of aromatic amines is 1. The van der Waals surface area contributed by atoms with Gasteiger partial charge in [0, 0.05) is 30.3 Å². The van der Waals surface area contributed by atoms with Crippen LogP contribution in [-0.2, 0) is 19.5 Å². The van der Waals surface area contributed by atoms with Crippen LogP contribution < -0.4 is 20.3 Å². The molecule has 0 aliphatic heterocycles. The third-order valence-electron chi connectivity index (χ3n) is 5.86. The molecule has 0 bridgehead atoms. The summed E-state index contributed by atoms with van der Waals surface area (Å²) >= 11 is 5.79. The molecule has 0 spiro atoms. The molecule has 4 rings (SSSR count). The molecule has 0 radical (unpaired) electrons. The van der Waals surface area contributed by atoms with Crippen molar-refractivity contribution in [3.8, 4) is 11.5 Å². The van der Waals surface area contributed by atoms with Gasteiger partial charge in [0.25, 0.3) is 5.56 Å². The Morgan fingerprint density at radius 3 is 2.43 bits per heavy atom. The van der Waals surface area contributed by atoms with Gasteiger partial charge in [0.15, 0.2) is 5.11 Å². The van der Waals surface area contributed by atoms with E-state index in [-0.39, 0.29) is 5.56 Å². The molecule has 35 heavy (non-hydrogen) atoms. The summed E-state index contributed by atoms with van der Waals surface area (Å²) in [4.78, 5) is 17.9. The van der Waals surface area contributed by atoms with E-state index in [1.807, 2.05) is 71.6 Å². The van der Waals surface area contributed by atoms with Crippen molar-refractivity contribution in [3.63, 3.8) is 0 Å². The molecular weight excluding hydrogens is 458 g/mol. The smallest absolute Gasteiger partial charge is 0.253 e. The second-order valence-corrected chi connectivity index (χ2v) is 8.60. The zero-order chi connectivity index (χ0) is 24.6. The highest BCUT2D eigenvalue weighted by Gasteiger charge is 2.16. The quantitative estimate of drug-likeness (QED) is 0.335. The van der Waals surface area contributed by atoms with E-state index in [4.69, 9.17) is 21.7 Å². The lowest BCUT2D eigenvalue weighted by atomic mass is 10.1. The monoisotopic (exact) mass is 487 g/mol. The highest BCUT2D eigenvalue weighted by atomic mass is 32.1. The molecule has 0 unspecified atom stereocenters.